The molecule has 0 amide bonds. The number of hydrogen-bond acceptors (Lipinski definition) is 5. The highest BCUT2D eigenvalue weighted by Crippen LogP contribution is 2.30. The molecule has 0 radical (unpaired) electrons. The highest BCUT2D eigenvalue weighted by atomic mass is 32.2. The van der Waals surface area contributed by atoms with Crippen LogP contribution in [0.5, 0.6) is 0 Å². The van der Waals surface area contributed by atoms with Gasteiger partial charge in [-0.25, -0.2) is 13.8 Å². The molecule has 1 N–H and O–H groups in total. The number of β-amino-alcohol motifs (C(OH)–C–C–N with tert-alkyl or cyclic N) is 1. The molecule has 1 saturated heterocycles. The Bertz CT molecular complexity index is 919. The number of hydrogen-bond donors (Lipinski definition) is 1. The van der Waals surface area contributed by atoms with Gasteiger partial charge in [0, 0.05) is 44.7 Å². The number of nitrogens with zero attached hydrogens (tertiary/aromatic N) is 3. The van der Waals surface area contributed by atoms with Gasteiger partial charge in [-0.2, -0.15) is 0 Å². The standard InChI is InChI=1S/C25H27F2N3OS/c26-21-8-4-19(5-9-21)25(20-6-10-22(27)11-7-20)30-15-13-29(14-16-30)17-23(31)18-32-24-3-1-2-12-28-24/h1-12,23,25,31H,13-18H2. The zero-order valence-electron chi connectivity index (χ0n) is 17.8. The predicted molar refractivity (Wildman–Crippen MR) is 124 cm³/mol. The van der Waals surface area contributed by atoms with Gasteiger partial charge in [0.25, 0.3) is 0 Å². The summed E-state index contributed by atoms with van der Waals surface area (Å²) >= 11 is 1.56. The largest absolute Gasteiger partial charge is 0.391 e. The molecule has 32 heavy (non-hydrogen) atoms. The fourth-order valence-corrected chi connectivity index (χ4v) is 4.85. The molecule has 168 valence electrons. The third kappa shape index (κ3) is 6.13. The van der Waals surface area contributed by atoms with Crippen molar-refractivity contribution in [3.8, 4) is 0 Å². The Hall–Kier alpha value is -2.32. The zero-order chi connectivity index (χ0) is 22.3. The highest BCUT2D eigenvalue weighted by Gasteiger charge is 2.27. The van der Waals surface area contributed by atoms with Crippen LogP contribution in [0.1, 0.15) is 17.2 Å². The first-order valence-electron chi connectivity index (χ1n) is 10.8. The molecule has 4 nitrogen and oxygen atoms in total. The number of rotatable bonds is 8. The quantitative estimate of drug-likeness (QED) is 0.515. The second-order valence-electron chi connectivity index (χ2n) is 7.98. The third-order valence-corrected chi connectivity index (χ3v) is 6.76. The van der Waals surface area contributed by atoms with Crippen molar-refractivity contribution in [1.29, 1.82) is 0 Å². The minimum Gasteiger partial charge on any atom is -0.391 e. The summed E-state index contributed by atoms with van der Waals surface area (Å²) in [5, 5.41) is 11.4. The number of halogens is 2. The number of aromatic nitrogens is 1. The first-order chi connectivity index (χ1) is 15.6. The van der Waals surface area contributed by atoms with Crippen molar-refractivity contribution in [2.75, 3.05) is 38.5 Å². The fraction of sp³-hybridized carbons (Fsp3) is 0.320. The van der Waals surface area contributed by atoms with Crippen molar-refractivity contribution in [3.05, 3.63) is 95.7 Å². The van der Waals surface area contributed by atoms with Crippen LogP contribution in [0.25, 0.3) is 0 Å². The summed E-state index contributed by atoms with van der Waals surface area (Å²) in [6, 6.07) is 18.8. The van der Waals surface area contributed by atoms with Crippen molar-refractivity contribution >= 4 is 11.8 Å². The van der Waals surface area contributed by atoms with Crippen molar-refractivity contribution in [2.24, 2.45) is 0 Å². The molecule has 3 aromatic rings. The van der Waals surface area contributed by atoms with Gasteiger partial charge in [-0.3, -0.25) is 9.80 Å². The van der Waals surface area contributed by atoms with Crippen molar-refractivity contribution in [2.45, 2.75) is 17.2 Å². The maximum absolute atomic E-state index is 13.5. The van der Waals surface area contributed by atoms with Crippen LogP contribution in [0.3, 0.4) is 0 Å². The molecule has 1 fully saturated rings. The monoisotopic (exact) mass is 455 g/mol. The van der Waals surface area contributed by atoms with Crippen LogP contribution in [0.2, 0.25) is 0 Å². The van der Waals surface area contributed by atoms with Gasteiger partial charge in [0.05, 0.1) is 17.2 Å². The van der Waals surface area contributed by atoms with E-state index in [1.54, 1.807) is 42.2 Å². The molecule has 2 heterocycles. The summed E-state index contributed by atoms with van der Waals surface area (Å²) in [5.41, 5.74) is 1.97. The van der Waals surface area contributed by atoms with E-state index in [9.17, 15) is 13.9 Å². The van der Waals surface area contributed by atoms with Crippen LogP contribution in [0.15, 0.2) is 78.0 Å². The maximum Gasteiger partial charge on any atom is 0.123 e. The number of pyridine rings is 1. The maximum atomic E-state index is 13.5. The number of thioether (sulfide) groups is 1. The molecule has 4 rings (SSSR count). The van der Waals surface area contributed by atoms with Gasteiger partial charge in [0.15, 0.2) is 0 Å². The van der Waals surface area contributed by atoms with Gasteiger partial charge >= 0.3 is 0 Å². The zero-order valence-corrected chi connectivity index (χ0v) is 18.6. The summed E-state index contributed by atoms with van der Waals surface area (Å²) in [5.74, 6) is 0.0633. The summed E-state index contributed by atoms with van der Waals surface area (Å²) in [7, 11) is 0. The first-order valence-corrected chi connectivity index (χ1v) is 11.8. The van der Waals surface area contributed by atoms with E-state index < -0.39 is 6.10 Å². The van der Waals surface area contributed by atoms with Gasteiger partial charge in [0.2, 0.25) is 0 Å². The average Bonchev–Trinajstić information content (AvgIpc) is 2.82. The Balaban J connectivity index is 1.36. The molecule has 1 atom stereocenters. The number of benzene rings is 2. The lowest BCUT2D eigenvalue weighted by atomic mass is 9.96. The van der Waals surface area contributed by atoms with E-state index >= 15 is 0 Å². The Morgan fingerprint density at radius 1 is 0.844 bits per heavy atom. The Labute approximate surface area is 191 Å². The summed E-state index contributed by atoms with van der Waals surface area (Å²) in [6.45, 7) is 3.87. The van der Waals surface area contributed by atoms with E-state index in [0.29, 0.717) is 12.3 Å². The molecule has 1 aromatic heterocycles. The number of aliphatic hydroxyl groups is 1. The lowest BCUT2D eigenvalue weighted by molar-refractivity contribution is 0.0708. The lowest BCUT2D eigenvalue weighted by Gasteiger charge is -2.40. The minimum atomic E-state index is -0.432. The minimum absolute atomic E-state index is 0.0667. The van der Waals surface area contributed by atoms with Crippen LogP contribution >= 0.6 is 11.8 Å². The second-order valence-corrected chi connectivity index (χ2v) is 9.02. The molecule has 2 aromatic carbocycles. The molecular formula is C25H27F2N3OS. The summed E-state index contributed by atoms with van der Waals surface area (Å²) in [4.78, 5) is 8.89. The summed E-state index contributed by atoms with van der Waals surface area (Å²) in [6.07, 6.45) is 1.32. The van der Waals surface area contributed by atoms with Gasteiger partial charge in [-0.15, -0.1) is 11.8 Å². The van der Waals surface area contributed by atoms with E-state index in [1.807, 2.05) is 18.2 Å². The van der Waals surface area contributed by atoms with Crippen LogP contribution in [0, 0.1) is 11.6 Å². The second kappa shape index (κ2) is 11.0. The third-order valence-electron chi connectivity index (χ3n) is 5.67. The lowest BCUT2D eigenvalue weighted by Crippen LogP contribution is -2.50. The molecule has 0 bridgehead atoms. The smallest absolute Gasteiger partial charge is 0.123 e. The summed E-state index contributed by atoms with van der Waals surface area (Å²) < 4.78 is 27.0. The van der Waals surface area contributed by atoms with Crippen molar-refractivity contribution in [3.63, 3.8) is 0 Å². The Morgan fingerprint density at radius 2 is 1.44 bits per heavy atom. The van der Waals surface area contributed by atoms with Crippen LogP contribution < -0.4 is 0 Å². The van der Waals surface area contributed by atoms with Gasteiger partial charge in [-0.1, -0.05) is 30.3 Å². The molecule has 0 aliphatic carbocycles. The van der Waals surface area contributed by atoms with E-state index in [-0.39, 0.29) is 17.7 Å². The predicted octanol–water partition coefficient (Wildman–Crippen LogP) is 4.22. The molecule has 1 aliphatic heterocycles. The number of aliphatic hydroxyl groups excluding tert-OH is 1. The van der Waals surface area contributed by atoms with Crippen LogP contribution in [0.4, 0.5) is 8.78 Å². The molecule has 0 saturated carbocycles. The van der Waals surface area contributed by atoms with Gasteiger partial charge < -0.3 is 5.11 Å². The van der Waals surface area contributed by atoms with Crippen molar-refractivity contribution in [1.82, 2.24) is 14.8 Å². The normalized spacial score (nSPS) is 16.4. The number of piperazine rings is 1. The van der Waals surface area contributed by atoms with E-state index in [1.165, 1.54) is 24.3 Å². The Kier molecular flexibility index (Phi) is 7.86. The SMILES string of the molecule is OC(CSc1ccccn1)CN1CCN(C(c2ccc(F)cc2)c2ccc(F)cc2)CC1. The molecule has 1 unspecified atom stereocenters. The molecular weight excluding hydrogens is 428 g/mol. The first kappa shape index (κ1) is 22.9. The van der Waals surface area contributed by atoms with Gasteiger partial charge in [0.1, 0.15) is 11.6 Å². The van der Waals surface area contributed by atoms with Crippen LogP contribution in [-0.4, -0.2) is 64.5 Å². The van der Waals surface area contributed by atoms with E-state index in [0.717, 1.165) is 42.3 Å². The highest BCUT2D eigenvalue weighted by molar-refractivity contribution is 7.99. The van der Waals surface area contributed by atoms with Gasteiger partial charge in [-0.05, 0) is 47.5 Å². The fourth-order valence-electron chi connectivity index (χ4n) is 4.07. The molecule has 0 spiro atoms. The Morgan fingerprint density at radius 3 is 1.97 bits per heavy atom. The van der Waals surface area contributed by atoms with E-state index in [4.69, 9.17) is 0 Å². The van der Waals surface area contributed by atoms with Crippen molar-refractivity contribution < 1.29 is 13.9 Å². The average molecular weight is 456 g/mol. The topological polar surface area (TPSA) is 39.6 Å². The molecule has 7 heteroatoms. The molecule has 1 aliphatic rings. The van der Waals surface area contributed by atoms with Crippen LogP contribution in [-0.2, 0) is 0 Å². The van der Waals surface area contributed by atoms with E-state index in [2.05, 4.69) is 14.8 Å².